The third-order valence-corrected chi connectivity index (χ3v) is 2.89. The number of hydrogen-bond donors (Lipinski definition) is 1. The Morgan fingerprint density at radius 3 is 2.71 bits per heavy atom. The van der Waals surface area contributed by atoms with Crippen LogP contribution in [0.1, 0.15) is 35.6 Å². The second kappa shape index (κ2) is 3.70. The molecule has 1 atom stereocenters. The van der Waals surface area contributed by atoms with E-state index in [0.29, 0.717) is 0 Å². The van der Waals surface area contributed by atoms with E-state index >= 15 is 0 Å². The summed E-state index contributed by atoms with van der Waals surface area (Å²) in [5.74, 6) is -0.0538. The molecule has 1 aromatic rings. The molecule has 0 radical (unpaired) electrons. The summed E-state index contributed by atoms with van der Waals surface area (Å²) in [6, 6.07) is 3.91. The zero-order chi connectivity index (χ0) is 10.1. The molecule has 1 aliphatic rings. The number of nitrogens with one attached hydrogen (secondary N) is 1. The van der Waals surface area contributed by atoms with Crippen LogP contribution in [-0.4, -0.2) is 6.54 Å². The Balaban J connectivity index is 2.40. The van der Waals surface area contributed by atoms with Gasteiger partial charge in [-0.05, 0) is 50.4 Å². The number of halogens is 1. The molecule has 1 fully saturated rings. The Kier molecular flexibility index (Phi) is 2.55. The molecule has 0 saturated carbocycles. The highest BCUT2D eigenvalue weighted by Gasteiger charge is 2.21. The summed E-state index contributed by atoms with van der Waals surface area (Å²) >= 11 is 0. The van der Waals surface area contributed by atoms with Gasteiger partial charge in [0.2, 0.25) is 0 Å². The molecule has 1 saturated heterocycles. The molecule has 0 aliphatic carbocycles. The van der Waals surface area contributed by atoms with Crippen LogP contribution >= 0.6 is 0 Å². The van der Waals surface area contributed by atoms with Crippen LogP contribution in [0, 0.1) is 19.7 Å². The Labute approximate surface area is 84.3 Å². The predicted molar refractivity (Wildman–Crippen MR) is 55.9 cm³/mol. The van der Waals surface area contributed by atoms with Crippen LogP contribution in [0.25, 0.3) is 0 Å². The SMILES string of the molecule is Cc1cc(C)c(C2CCCN2)c(F)c1. The Morgan fingerprint density at radius 1 is 1.36 bits per heavy atom. The number of rotatable bonds is 1. The maximum Gasteiger partial charge on any atom is 0.128 e. The summed E-state index contributed by atoms with van der Waals surface area (Å²) in [4.78, 5) is 0. The predicted octanol–water partition coefficient (Wildman–Crippen LogP) is 2.87. The van der Waals surface area contributed by atoms with Crippen molar-refractivity contribution in [3.05, 3.63) is 34.6 Å². The molecule has 76 valence electrons. The van der Waals surface area contributed by atoms with Gasteiger partial charge in [0, 0.05) is 11.6 Å². The van der Waals surface area contributed by atoms with Crippen LogP contribution in [0.4, 0.5) is 4.39 Å². The lowest BCUT2D eigenvalue weighted by molar-refractivity contribution is 0.554. The lowest BCUT2D eigenvalue weighted by Crippen LogP contribution is -2.15. The lowest BCUT2D eigenvalue weighted by atomic mass is 9.97. The maximum atomic E-state index is 13.7. The van der Waals surface area contributed by atoms with Crippen LogP contribution in [0.3, 0.4) is 0 Å². The van der Waals surface area contributed by atoms with Crippen molar-refractivity contribution >= 4 is 0 Å². The topological polar surface area (TPSA) is 12.0 Å². The molecule has 1 unspecified atom stereocenters. The molecule has 0 spiro atoms. The van der Waals surface area contributed by atoms with Gasteiger partial charge in [-0.3, -0.25) is 0 Å². The standard InChI is InChI=1S/C12H16FN/c1-8-6-9(2)12(10(13)7-8)11-4-3-5-14-11/h6-7,11,14H,3-5H2,1-2H3. The van der Waals surface area contributed by atoms with E-state index in [0.717, 1.165) is 36.1 Å². The fraction of sp³-hybridized carbons (Fsp3) is 0.500. The minimum Gasteiger partial charge on any atom is -0.310 e. The van der Waals surface area contributed by atoms with Crippen molar-refractivity contribution in [1.29, 1.82) is 0 Å². The second-order valence-corrected chi connectivity index (χ2v) is 4.13. The number of hydrogen-bond acceptors (Lipinski definition) is 1. The summed E-state index contributed by atoms with van der Waals surface area (Å²) in [6.07, 6.45) is 2.21. The molecular weight excluding hydrogens is 177 g/mol. The first kappa shape index (κ1) is 9.66. The highest BCUT2D eigenvalue weighted by atomic mass is 19.1. The van der Waals surface area contributed by atoms with Gasteiger partial charge in [0.25, 0.3) is 0 Å². The zero-order valence-corrected chi connectivity index (χ0v) is 8.73. The Morgan fingerprint density at radius 2 is 2.14 bits per heavy atom. The lowest BCUT2D eigenvalue weighted by Gasteiger charge is -2.15. The van der Waals surface area contributed by atoms with Gasteiger partial charge in [-0.15, -0.1) is 0 Å². The van der Waals surface area contributed by atoms with Gasteiger partial charge < -0.3 is 5.32 Å². The minimum absolute atomic E-state index is 0.0538. The molecule has 1 heterocycles. The second-order valence-electron chi connectivity index (χ2n) is 4.13. The van der Waals surface area contributed by atoms with Gasteiger partial charge in [-0.2, -0.15) is 0 Å². The number of benzene rings is 1. The summed E-state index contributed by atoms with van der Waals surface area (Å²) in [5.41, 5.74) is 2.94. The molecule has 1 aromatic carbocycles. The molecule has 0 amide bonds. The van der Waals surface area contributed by atoms with Gasteiger partial charge in [0.05, 0.1) is 0 Å². The van der Waals surface area contributed by atoms with Crippen molar-refractivity contribution in [2.45, 2.75) is 32.7 Å². The van der Waals surface area contributed by atoms with Crippen molar-refractivity contribution in [3.8, 4) is 0 Å². The smallest absolute Gasteiger partial charge is 0.128 e. The molecule has 1 nitrogen and oxygen atoms in total. The first-order valence-corrected chi connectivity index (χ1v) is 5.18. The molecule has 2 heteroatoms. The Hall–Kier alpha value is -0.890. The van der Waals surface area contributed by atoms with E-state index in [1.807, 2.05) is 13.8 Å². The van der Waals surface area contributed by atoms with Crippen molar-refractivity contribution in [3.63, 3.8) is 0 Å². The van der Waals surface area contributed by atoms with Crippen LogP contribution in [0.15, 0.2) is 12.1 Å². The minimum atomic E-state index is -0.0538. The molecular formula is C12H16FN. The van der Waals surface area contributed by atoms with E-state index in [4.69, 9.17) is 0 Å². The summed E-state index contributed by atoms with van der Waals surface area (Å²) in [6.45, 7) is 4.94. The largest absolute Gasteiger partial charge is 0.310 e. The van der Waals surface area contributed by atoms with Crippen molar-refractivity contribution in [2.24, 2.45) is 0 Å². The summed E-state index contributed by atoms with van der Waals surface area (Å²) < 4.78 is 13.7. The van der Waals surface area contributed by atoms with Crippen molar-refractivity contribution < 1.29 is 4.39 Å². The first-order valence-electron chi connectivity index (χ1n) is 5.18. The molecule has 0 aromatic heterocycles. The Bertz CT molecular complexity index is 317. The van der Waals surface area contributed by atoms with Gasteiger partial charge in [-0.25, -0.2) is 4.39 Å². The van der Waals surface area contributed by atoms with Gasteiger partial charge in [0.15, 0.2) is 0 Å². The maximum absolute atomic E-state index is 13.7. The van der Waals surface area contributed by atoms with Gasteiger partial charge >= 0.3 is 0 Å². The molecule has 1 aliphatic heterocycles. The van der Waals surface area contributed by atoms with Crippen molar-refractivity contribution in [2.75, 3.05) is 6.54 Å². The van der Waals surface area contributed by atoms with Crippen LogP contribution in [0.5, 0.6) is 0 Å². The monoisotopic (exact) mass is 193 g/mol. The van der Waals surface area contributed by atoms with E-state index < -0.39 is 0 Å². The van der Waals surface area contributed by atoms with E-state index in [1.54, 1.807) is 6.07 Å². The molecule has 14 heavy (non-hydrogen) atoms. The average molecular weight is 193 g/mol. The molecule has 1 N–H and O–H groups in total. The third kappa shape index (κ3) is 1.67. The van der Waals surface area contributed by atoms with Gasteiger partial charge in [0.1, 0.15) is 5.82 Å². The highest BCUT2D eigenvalue weighted by Crippen LogP contribution is 2.28. The number of aryl methyl sites for hydroxylation is 2. The van der Waals surface area contributed by atoms with Crippen molar-refractivity contribution in [1.82, 2.24) is 5.32 Å². The average Bonchev–Trinajstić information content (AvgIpc) is 2.54. The van der Waals surface area contributed by atoms with Gasteiger partial charge in [-0.1, -0.05) is 6.07 Å². The quantitative estimate of drug-likeness (QED) is 0.723. The van der Waals surface area contributed by atoms with Crippen LogP contribution in [-0.2, 0) is 0 Å². The molecule has 2 rings (SSSR count). The fourth-order valence-corrected chi connectivity index (χ4v) is 2.30. The highest BCUT2D eigenvalue weighted by molar-refractivity contribution is 5.34. The van der Waals surface area contributed by atoms with Crippen LogP contribution < -0.4 is 5.32 Å². The normalized spacial score (nSPS) is 21.5. The third-order valence-electron chi connectivity index (χ3n) is 2.89. The van der Waals surface area contributed by atoms with Crippen LogP contribution in [0.2, 0.25) is 0 Å². The summed E-state index contributed by atoms with van der Waals surface area (Å²) in [5, 5.41) is 3.33. The molecule has 0 bridgehead atoms. The van der Waals surface area contributed by atoms with E-state index in [2.05, 4.69) is 11.4 Å². The summed E-state index contributed by atoms with van der Waals surface area (Å²) in [7, 11) is 0. The first-order chi connectivity index (χ1) is 6.68. The zero-order valence-electron chi connectivity index (χ0n) is 8.73. The van der Waals surface area contributed by atoms with E-state index in [1.165, 1.54) is 0 Å². The van der Waals surface area contributed by atoms with E-state index in [9.17, 15) is 4.39 Å². The fourth-order valence-electron chi connectivity index (χ4n) is 2.30. The van der Waals surface area contributed by atoms with E-state index in [-0.39, 0.29) is 11.9 Å².